The van der Waals surface area contributed by atoms with Crippen molar-refractivity contribution in [3.63, 3.8) is 0 Å². The predicted octanol–water partition coefficient (Wildman–Crippen LogP) is 9.96. The lowest BCUT2D eigenvalue weighted by Gasteiger charge is -2.29. The van der Waals surface area contributed by atoms with Crippen molar-refractivity contribution in [2.75, 3.05) is 0 Å². The van der Waals surface area contributed by atoms with Gasteiger partial charge in [0, 0.05) is 5.92 Å². The van der Waals surface area contributed by atoms with Crippen LogP contribution in [0.15, 0.2) is 72.8 Å². The van der Waals surface area contributed by atoms with E-state index in [4.69, 9.17) is 11.6 Å². The van der Waals surface area contributed by atoms with Crippen molar-refractivity contribution in [3.8, 4) is 0 Å². The number of hydrogen-bond donors (Lipinski definition) is 0. The third kappa shape index (κ3) is 8.25. The highest BCUT2D eigenvalue weighted by atomic mass is 35.5. The van der Waals surface area contributed by atoms with Crippen LogP contribution in [0.1, 0.15) is 94.2 Å². The molecule has 0 aromatic heterocycles. The van der Waals surface area contributed by atoms with E-state index >= 15 is 0 Å². The van der Waals surface area contributed by atoms with Crippen LogP contribution < -0.4 is 0 Å². The van der Waals surface area contributed by atoms with Crippen molar-refractivity contribution < 1.29 is 0 Å². The molecule has 1 heteroatoms. The van der Waals surface area contributed by atoms with E-state index in [0.717, 1.165) is 25.7 Å². The first kappa shape index (κ1) is 27.5. The fourth-order valence-corrected chi connectivity index (χ4v) is 5.38. The first-order valence-electron chi connectivity index (χ1n) is 13.5. The van der Waals surface area contributed by atoms with E-state index in [-0.39, 0.29) is 5.92 Å². The van der Waals surface area contributed by atoms with Gasteiger partial charge in [-0.3, -0.25) is 0 Å². The van der Waals surface area contributed by atoms with Crippen molar-refractivity contribution in [1.29, 1.82) is 0 Å². The summed E-state index contributed by atoms with van der Waals surface area (Å²) < 4.78 is 0. The predicted molar refractivity (Wildman–Crippen MR) is 155 cm³/mol. The van der Waals surface area contributed by atoms with E-state index in [0.29, 0.717) is 17.8 Å². The zero-order valence-corrected chi connectivity index (χ0v) is 23.7. The molecule has 0 aliphatic heterocycles. The maximum Gasteiger partial charge on any atom is 0.0675 e. The second kappa shape index (κ2) is 12.3. The number of rotatable bonds is 11. The summed E-state index contributed by atoms with van der Waals surface area (Å²) in [4.78, 5) is -0.450. The van der Waals surface area contributed by atoms with Crippen molar-refractivity contribution in [2.24, 2.45) is 17.8 Å². The van der Waals surface area contributed by atoms with Crippen LogP contribution in [-0.2, 0) is 24.1 Å². The molecule has 0 nitrogen and oxygen atoms in total. The molecule has 0 heterocycles. The average Bonchev–Trinajstić information content (AvgIpc) is 2.78. The van der Waals surface area contributed by atoms with E-state index in [1.807, 2.05) is 0 Å². The van der Waals surface area contributed by atoms with E-state index in [2.05, 4.69) is 121 Å². The van der Waals surface area contributed by atoms with Gasteiger partial charge in [0.1, 0.15) is 0 Å². The van der Waals surface area contributed by atoms with Crippen molar-refractivity contribution in [3.05, 3.63) is 106 Å². The topological polar surface area (TPSA) is 0 Å². The van der Waals surface area contributed by atoms with Crippen LogP contribution in [0, 0.1) is 17.8 Å². The summed E-state index contributed by atoms with van der Waals surface area (Å²) in [5.74, 6) is 2.23. The molecule has 0 N–H and O–H groups in total. The third-order valence-corrected chi connectivity index (χ3v) is 7.21. The van der Waals surface area contributed by atoms with Crippen LogP contribution in [0.4, 0.5) is 0 Å². The molecule has 3 rings (SSSR count). The maximum atomic E-state index is 7.31. The Labute approximate surface area is 220 Å². The highest BCUT2D eigenvalue weighted by Gasteiger charge is 2.29. The molecule has 0 aliphatic carbocycles. The summed E-state index contributed by atoms with van der Waals surface area (Å²) in [5.41, 5.74) is 8.09. The Morgan fingerprint density at radius 3 is 1.17 bits per heavy atom. The molecule has 0 fully saturated rings. The standard InChI is InChI=1S/C34H45Cl/c1-24(2)20-27-8-14-30(15-9-27)33(31-16-10-28(11-17-31)21-25(3)4)23-34(7,35)32-18-12-29(13-19-32)22-26(5)6/h8-19,24-26,33H,20-23H2,1-7H3. The van der Waals surface area contributed by atoms with Crippen LogP contribution in [-0.4, -0.2) is 0 Å². The molecule has 0 spiro atoms. The van der Waals surface area contributed by atoms with Crippen LogP contribution >= 0.6 is 11.6 Å². The van der Waals surface area contributed by atoms with Gasteiger partial charge in [0.2, 0.25) is 0 Å². The molecular weight excluding hydrogens is 444 g/mol. The van der Waals surface area contributed by atoms with E-state index < -0.39 is 4.87 Å². The number of halogens is 1. The molecule has 188 valence electrons. The summed E-state index contributed by atoms with van der Waals surface area (Å²) in [5, 5.41) is 0. The average molecular weight is 489 g/mol. The van der Waals surface area contributed by atoms with Gasteiger partial charge in [-0.1, -0.05) is 114 Å². The van der Waals surface area contributed by atoms with Gasteiger partial charge in [0.15, 0.2) is 0 Å². The lowest BCUT2D eigenvalue weighted by atomic mass is 9.80. The highest BCUT2D eigenvalue weighted by molar-refractivity contribution is 6.23. The zero-order valence-electron chi connectivity index (χ0n) is 22.9. The van der Waals surface area contributed by atoms with E-state index in [1.54, 1.807) is 0 Å². The molecule has 3 aromatic carbocycles. The Bertz CT molecular complexity index is 968. The van der Waals surface area contributed by atoms with Crippen LogP contribution in [0.2, 0.25) is 0 Å². The van der Waals surface area contributed by atoms with E-state index in [1.165, 1.54) is 33.4 Å². The molecular formula is C34H45Cl. The second-order valence-corrected chi connectivity index (χ2v) is 12.8. The van der Waals surface area contributed by atoms with Gasteiger partial charge >= 0.3 is 0 Å². The van der Waals surface area contributed by atoms with Gasteiger partial charge in [0.25, 0.3) is 0 Å². The molecule has 0 amide bonds. The number of benzene rings is 3. The van der Waals surface area contributed by atoms with Crippen molar-refractivity contribution in [1.82, 2.24) is 0 Å². The first-order valence-corrected chi connectivity index (χ1v) is 13.9. The van der Waals surface area contributed by atoms with Gasteiger partial charge in [-0.2, -0.15) is 0 Å². The summed E-state index contributed by atoms with van der Waals surface area (Å²) in [6.45, 7) is 15.8. The number of alkyl halides is 1. The monoisotopic (exact) mass is 488 g/mol. The van der Waals surface area contributed by atoms with Crippen LogP contribution in [0.5, 0.6) is 0 Å². The fourth-order valence-electron chi connectivity index (χ4n) is 5.10. The number of hydrogen-bond acceptors (Lipinski definition) is 0. The molecule has 35 heavy (non-hydrogen) atoms. The molecule has 1 atom stereocenters. The molecule has 0 bridgehead atoms. The van der Waals surface area contributed by atoms with E-state index in [9.17, 15) is 0 Å². The van der Waals surface area contributed by atoms with Crippen molar-refractivity contribution in [2.45, 2.75) is 84.9 Å². The molecule has 0 aliphatic rings. The Morgan fingerprint density at radius 1 is 0.543 bits per heavy atom. The van der Waals surface area contributed by atoms with Gasteiger partial charge in [-0.05, 0) is 83.7 Å². The SMILES string of the molecule is CC(C)Cc1ccc(C(CC(C)(Cl)c2ccc(CC(C)C)cc2)c2ccc(CC(C)C)cc2)cc1. The van der Waals surface area contributed by atoms with Gasteiger partial charge < -0.3 is 0 Å². The molecule has 0 saturated carbocycles. The Hall–Kier alpha value is -2.05. The quantitative estimate of drug-likeness (QED) is 0.235. The highest BCUT2D eigenvalue weighted by Crippen LogP contribution is 2.42. The molecule has 0 radical (unpaired) electrons. The first-order chi connectivity index (χ1) is 16.5. The van der Waals surface area contributed by atoms with Crippen LogP contribution in [0.3, 0.4) is 0 Å². The third-order valence-electron chi connectivity index (χ3n) is 6.84. The molecule has 0 saturated heterocycles. The Kier molecular flexibility index (Phi) is 9.65. The lowest BCUT2D eigenvalue weighted by molar-refractivity contribution is 0.558. The zero-order chi connectivity index (χ0) is 25.6. The Balaban J connectivity index is 1.91. The normalized spacial score (nSPS) is 13.7. The molecule has 3 aromatic rings. The van der Waals surface area contributed by atoms with Crippen molar-refractivity contribution >= 4 is 11.6 Å². The van der Waals surface area contributed by atoms with Gasteiger partial charge in [-0.15, -0.1) is 11.6 Å². The molecule has 1 unspecified atom stereocenters. The summed E-state index contributed by atoms with van der Waals surface area (Å²) in [7, 11) is 0. The maximum absolute atomic E-state index is 7.31. The second-order valence-electron chi connectivity index (χ2n) is 11.9. The largest absolute Gasteiger partial charge is 0.114 e. The summed E-state index contributed by atoms with van der Waals surface area (Å²) in [6.07, 6.45) is 4.19. The van der Waals surface area contributed by atoms with Crippen LogP contribution in [0.25, 0.3) is 0 Å². The Morgan fingerprint density at radius 2 is 0.857 bits per heavy atom. The smallest absolute Gasteiger partial charge is 0.0675 e. The van der Waals surface area contributed by atoms with Gasteiger partial charge in [-0.25, -0.2) is 0 Å². The lowest BCUT2D eigenvalue weighted by Crippen LogP contribution is -2.19. The van der Waals surface area contributed by atoms with Gasteiger partial charge in [0.05, 0.1) is 4.87 Å². The minimum absolute atomic E-state index is 0.244. The fraction of sp³-hybridized carbons (Fsp3) is 0.471. The summed E-state index contributed by atoms with van der Waals surface area (Å²) >= 11 is 7.31. The summed E-state index contributed by atoms with van der Waals surface area (Å²) in [6, 6.07) is 27.5. The minimum Gasteiger partial charge on any atom is -0.114 e. The minimum atomic E-state index is -0.450.